The summed E-state index contributed by atoms with van der Waals surface area (Å²) < 4.78 is 0. The molecule has 146 valence electrons. The average molecular weight is 392 g/mol. The third kappa shape index (κ3) is 3.20. The second-order valence-electron chi connectivity index (χ2n) is 7.43. The molecule has 5 nitrogen and oxygen atoms in total. The van der Waals surface area contributed by atoms with Crippen molar-refractivity contribution in [2.24, 2.45) is 4.99 Å². The van der Waals surface area contributed by atoms with E-state index in [0.717, 1.165) is 50.3 Å². The number of nitrogens with zero attached hydrogens (tertiary/aromatic N) is 3. The van der Waals surface area contributed by atoms with Crippen molar-refractivity contribution in [3.63, 3.8) is 0 Å². The van der Waals surface area contributed by atoms with Gasteiger partial charge in [0, 0.05) is 17.2 Å². The molecule has 0 radical (unpaired) electrons. The maximum absolute atomic E-state index is 10.4. The van der Waals surface area contributed by atoms with Gasteiger partial charge in [0.05, 0.1) is 22.2 Å². The number of phenolic OH excluding ortho intramolecular Hbond substituents is 1. The van der Waals surface area contributed by atoms with Crippen LogP contribution >= 0.6 is 0 Å². The average Bonchev–Trinajstić information content (AvgIpc) is 3.19. The molecule has 5 rings (SSSR count). The van der Waals surface area contributed by atoms with Crippen LogP contribution in [0.5, 0.6) is 5.75 Å². The number of benzene rings is 3. The van der Waals surface area contributed by atoms with Gasteiger partial charge in [0.25, 0.3) is 0 Å². The molecule has 3 aromatic carbocycles. The Bertz CT molecular complexity index is 1400. The summed E-state index contributed by atoms with van der Waals surface area (Å²) in [6.07, 6.45) is 1.69. The lowest BCUT2D eigenvalue weighted by atomic mass is 10.1. The van der Waals surface area contributed by atoms with E-state index in [9.17, 15) is 5.11 Å². The van der Waals surface area contributed by atoms with Gasteiger partial charge in [-0.25, -0.2) is 9.97 Å². The minimum atomic E-state index is 0.250. The first-order valence-corrected chi connectivity index (χ1v) is 9.78. The summed E-state index contributed by atoms with van der Waals surface area (Å²) in [6, 6.07) is 21.7. The van der Waals surface area contributed by atoms with Crippen molar-refractivity contribution in [1.29, 1.82) is 0 Å². The minimum absolute atomic E-state index is 0.250. The molecule has 0 aliphatic carbocycles. The van der Waals surface area contributed by atoms with Crippen molar-refractivity contribution in [3.05, 3.63) is 83.4 Å². The Morgan fingerprint density at radius 3 is 2.67 bits per heavy atom. The molecule has 30 heavy (non-hydrogen) atoms. The van der Waals surface area contributed by atoms with E-state index in [1.807, 2.05) is 80.6 Å². The molecule has 0 spiro atoms. The molecule has 0 saturated heterocycles. The number of pyridine rings is 1. The van der Waals surface area contributed by atoms with Gasteiger partial charge >= 0.3 is 0 Å². The molecule has 5 heteroatoms. The molecule has 0 fully saturated rings. The van der Waals surface area contributed by atoms with Crippen LogP contribution in [-0.4, -0.2) is 26.3 Å². The van der Waals surface area contributed by atoms with Crippen LogP contribution in [0.2, 0.25) is 0 Å². The van der Waals surface area contributed by atoms with Crippen LogP contribution in [0.4, 0.5) is 5.69 Å². The quantitative estimate of drug-likeness (QED) is 0.378. The lowest BCUT2D eigenvalue weighted by Crippen LogP contribution is -1.89. The normalized spacial score (nSPS) is 11.7. The molecule has 2 aromatic heterocycles. The SMILES string of the molecule is Cc1cc(C)c(O)c(C=Nc2cccc3ccc(-c4nc5ccccc5[nH]4)nc23)c1. The number of hydrogen-bond donors (Lipinski definition) is 2. The zero-order valence-corrected chi connectivity index (χ0v) is 16.7. The van der Waals surface area contributed by atoms with Gasteiger partial charge in [-0.3, -0.25) is 4.99 Å². The number of aromatic hydroxyl groups is 1. The van der Waals surface area contributed by atoms with Crippen molar-refractivity contribution in [2.45, 2.75) is 13.8 Å². The number of aromatic amines is 1. The number of nitrogens with one attached hydrogen (secondary N) is 1. The number of imidazole rings is 1. The van der Waals surface area contributed by atoms with Crippen LogP contribution in [0.1, 0.15) is 16.7 Å². The number of aromatic nitrogens is 3. The van der Waals surface area contributed by atoms with E-state index in [4.69, 9.17) is 4.98 Å². The highest BCUT2D eigenvalue weighted by atomic mass is 16.3. The Balaban J connectivity index is 1.60. The second kappa shape index (κ2) is 7.12. The van der Waals surface area contributed by atoms with Gasteiger partial charge in [0.15, 0.2) is 5.82 Å². The summed E-state index contributed by atoms with van der Waals surface area (Å²) in [5.41, 5.74) is 6.78. The zero-order chi connectivity index (χ0) is 20.7. The standard InChI is InChI=1S/C25H20N4O/c1-15-12-16(2)24(30)18(13-15)14-26-21-9-5-6-17-10-11-22(27-23(17)21)25-28-19-7-3-4-8-20(19)29-25/h3-14,30H,1-2H3,(H,28,29). The number of para-hydroxylation sites is 3. The van der Waals surface area contributed by atoms with Crippen LogP contribution in [0.25, 0.3) is 33.5 Å². The van der Waals surface area contributed by atoms with Gasteiger partial charge in [0.2, 0.25) is 0 Å². The van der Waals surface area contributed by atoms with Gasteiger partial charge in [-0.1, -0.05) is 36.4 Å². The molecule has 0 amide bonds. The Hall–Kier alpha value is -3.99. The zero-order valence-electron chi connectivity index (χ0n) is 16.7. The van der Waals surface area contributed by atoms with Crippen LogP contribution in [0.3, 0.4) is 0 Å². The van der Waals surface area contributed by atoms with E-state index in [1.165, 1.54) is 0 Å². The maximum Gasteiger partial charge on any atom is 0.157 e. The van der Waals surface area contributed by atoms with E-state index in [2.05, 4.69) is 15.0 Å². The number of phenols is 1. The van der Waals surface area contributed by atoms with Crippen molar-refractivity contribution < 1.29 is 5.11 Å². The highest BCUT2D eigenvalue weighted by Crippen LogP contribution is 2.29. The molecule has 0 unspecified atom stereocenters. The number of aliphatic imine (C=N–C) groups is 1. The fraction of sp³-hybridized carbons (Fsp3) is 0.0800. The third-order valence-electron chi connectivity index (χ3n) is 5.15. The highest BCUT2D eigenvalue weighted by Gasteiger charge is 2.09. The van der Waals surface area contributed by atoms with E-state index in [0.29, 0.717) is 5.56 Å². The number of fused-ring (bicyclic) bond motifs is 2. The predicted molar refractivity (Wildman–Crippen MR) is 122 cm³/mol. The first-order valence-electron chi connectivity index (χ1n) is 9.78. The highest BCUT2D eigenvalue weighted by molar-refractivity contribution is 5.94. The number of H-pyrrole nitrogens is 1. The molecule has 0 aliphatic heterocycles. The summed E-state index contributed by atoms with van der Waals surface area (Å²) in [4.78, 5) is 17.5. The Kier molecular flexibility index (Phi) is 4.29. The summed E-state index contributed by atoms with van der Waals surface area (Å²) >= 11 is 0. The van der Waals surface area contributed by atoms with Crippen LogP contribution in [0, 0.1) is 13.8 Å². The molecule has 0 saturated carbocycles. The Morgan fingerprint density at radius 1 is 0.933 bits per heavy atom. The molecule has 0 aliphatic rings. The second-order valence-corrected chi connectivity index (χ2v) is 7.43. The van der Waals surface area contributed by atoms with E-state index >= 15 is 0 Å². The topological polar surface area (TPSA) is 74.2 Å². The number of aryl methyl sites for hydroxylation is 2. The van der Waals surface area contributed by atoms with Crippen molar-refractivity contribution in [3.8, 4) is 17.3 Å². The minimum Gasteiger partial charge on any atom is -0.507 e. The molecule has 0 bridgehead atoms. The van der Waals surface area contributed by atoms with E-state index < -0.39 is 0 Å². The van der Waals surface area contributed by atoms with Crippen LogP contribution in [0.15, 0.2) is 71.7 Å². The summed E-state index contributed by atoms with van der Waals surface area (Å²) in [5, 5.41) is 11.4. The smallest absolute Gasteiger partial charge is 0.157 e. The fourth-order valence-electron chi connectivity index (χ4n) is 3.67. The Morgan fingerprint density at radius 2 is 1.80 bits per heavy atom. The maximum atomic E-state index is 10.4. The third-order valence-corrected chi connectivity index (χ3v) is 5.15. The fourth-order valence-corrected chi connectivity index (χ4v) is 3.67. The Labute approximate surface area is 173 Å². The van der Waals surface area contributed by atoms with Gasteiger partial charge < -0.3 is 10.1 Å². The lowest BCUT2D eigenvalue weighted by molar-refractivity contribution is 0.470. The van der Waals surface area contributed by atoms with Gasteiger partial charge in [-0.05, 0) is 55.3 Å². The van der Waals surface area contributed by atoms with Gasteiger partial charge in [-0.2, -0.15) is 0 Å². The first kappa shape index (κ1) is 18.1. The summed E-state index contributed by atoms with van der Waals surface area (Å²) in [5.74, 6) is 0.976. The van der Waals surface area contributed by atoms with E-state index in [-0.39, 0.29) is 5.75 Å². The van der Waals surface area contributed by atoms with Crippen molar-refractivity contribution >= 4 is 33.8 Å². The molecular weight excluding hydrogens is 372 g/mol. The molecule has 0 atom stereocenters. The van der Waals surface area contributed by atoms with Crippen molar-refractivity contribution in [2.75, 3.05) is 0 Å². The number of rotatable bonds is 3. The monoisotopic (exact) mass is 392 g/mol. The summed E-state index contributed by atoms with van der Waals surface area (Å²) in [6.45, 7) is 3.89. The van der Waals surface area contributed by atoms with Gasteiger partial charge in [-0.15, -0.1) is 0 Å². The summed E-state index contributed by atoms with van der Waals surface area (Å²) in [7, 11) is 0. The van der Waals surface area contributed by atoms with E-state index in [1.54, 1.807) is 6.21 Å². The first-order chi connectivity index (χ1) is 14.6. The largest absolute Gasteiger partial charge is 0.507 e. The molecule has 2 heterocycles. The van der Waals surface area contributed by atoms with Crippen LogP contribution < -0.4 is 0 Å². The predicted octanol–water partition coefficient (Wildman–Crippen LogP) is 5.85. The molecule has 2 N–H and O–H groups in total. The van der Waals surface area contributed by atoms with Gasteiger partial charge in [0.1, 0.15) is 11.4 Å². The molecule has 5 aromatic rings. The van der Waals surface area contributed by atoms with Crippen LogP contribution in [-0.2, 0) is 0 Å². The van der Waals surface area contributed by atoms with Crippen molar-refractivity contribution in [1.82, 2.24) is 15.0 Å². The number of hydrogen-bond acceptors (Lipinski definition) is 4. The molecular formula is C25H20N4O. The lowest BCUT2D eigenvalue weighted by Gasteiger charge is -2.06.